The van der Waals surface area contributed by atoms with Gasteiger partial charge >= 0.3 is 6.09 Å². The van der Waals surface area contributed by atoms with Crippen LogP contribution in [0.4, 0.5) is 4.79 Å². The van der Waals surface area contributed by atoms with Gasteiger partial charge in [0, 0.05) is 24.7 Å². The summed E-state index contributed by atoms with van der Waals surface area (Å²) in [5.41, 5.74) is 1.74. The Kier molecular flexibility index (Phi) is 5.19. The molecule has 1 amide bonds. The van der Waals surface area contributed by atoms with Gasteiger partial charge in [-0.1, -0.05) is 6.08 Å². The lowest BCUT2D eigenvalue weighted by atomic mass is 9.98. The van der Waals surface area contributed by atoms with Gasteiger partial charge in [-0.2, -0.15) is 0 Å². The Labute approximate surface area is 137 Å². The molecule has 0 saturated heterocycles. The predicted molar refractivity (Wildman–Crippen MR) is 89.9 cm³/mol. The Bertz CT molecular complexity index is 602. The lowest BCUT2D eigenvalue weighted by Gasteiger charge is -2.30. The van der Waals surface area contributed by atoms with Crippen LogP contribution in [0.25, 0.3) is 5.57 Å². The van der Waals surface area contributed by atoms with Crippen LogP contribution in [0, 0.1) is 0 Å². The second kappa shape index (κ2) is 6.94. The van der Waals surface area contributed by atoms with Crippen LogP contribution in [0.3, 0.4) is 0 Å². The largest absolute Gasteiger partial charge is 0.497 e. The molecule has 0 bridgehead atoms. The quantitative estimate of drug-likeness (QED) is 0.852. The maximum Gasteiger partial charge on any atom is 0.410 e. The van der Waals surface area contributed by atoms with Crippen molar-refractivity contribution in [3.05, 3.63) is 29.8 Å². The number of nitrogens with zero attached hydrogens (tertiary/aromatic N) is 1. The Morgan fingerprint density at radius 3 is 2.43 bits per heavy atom. The summed E-state index contributed by atoms with van der Waals surface area (Å²) in [5, 5.41) is 0. The van der Waals surface area contributed by atoms with E-state index in [1.54, 1.807) is 19.1 Å². The van der Waals surface area contributed by atoms with Crippen LogP contribution in [-0.4, -0.2) is 43.9 Å². The third kappa shape index (κ3) is 4.41. The first kappa shape index (κ1) is 17.2. The second-order valence-electron chi connectivity index (χ2n) is 6.47. The summed E-state index contributed by atoms with van der Waals surface area (Å²) >= 11 is 0. The summed E-state index contributed by atoms with van der Waals surface area (Å²) in [6.07, 6.45) is 2.55. The summed E-state index contributed by atoms with van der Waals surface area (Å²) in [6, 6.07) is 5.78. The molecule has 126 valence electrons. The average molecular weight is 319 g/mol. The van der Waals surface area contributed by atoms with Gasteiger partial charge in [-0.25, -0.2) is 4.79 Å². The van der Waals surface area contributed by atoms with Gasteiger partial charge in [-0.15, -0.1) is 0 Å². The van der Waals surface area contributed by atoms with E-state index in [0.29, 0.717) is 13.1 Å². The van der Waals surface area contributed by atoms with Gasteiger partial charge in [-0.05, 0) is 44.9 Å². The van der Waals surface area contributed by atoms with E-state index in [1.807, 2.05) is 39.0 Å². The molecule has 0 atom stereocenters. The van der Waals surface area contributed by atoms with Gasteiger partial charge in [0.2, 0.25) is 0 Å². The first-order valence-electron chi connectivity index (χ1n) is 7.73. The molecule has 2 rings (SSSR count). The van der Waals surface area contributed by atoms with Crippen LogP contribution in [0.5, 0.6) is 11.5 Å². The van der Waals surface area contributed by atoms with Crippen molar-refractivity contribution in [2.75, 3.05) is 27.3 Å². The lowest BCUT2D eigenvalue weighted by molar-refractivity contribution is 0.0270. The number of benzene rings is 1. The summed E-state index contributed by atoms with van der Waals surface area (Å²) in [7, 11) is 3.28. The van der Waals surface area contributed by atoms with Crippen LogP contribution in [0.1, 0.15) is 32.8 Å². The van der Waals surface area contributed by atoms with Crippen molar-refractivity contribution in [1.82, 2.24) is 4.90 Å². The van der Waals surface area contributed by atoms with E-state index in [2.05, 4.69) is 6.08 Å². The number of hydrogen-bond acceptors (Lipinski definition) is 4. The molecule has 0 unspecified atom stereocenters. The maximum atomic E-state index is 12.1. The first-order chi connectivity index (χ1) is 10.8. The fourth-order valence-corrected chi connectivity index (χ4v) is 2.47. The van der Waals surface area contributed by atoms with E-state index in [0.717, 1.165) is 23.5 Å². The van der Waals surface area contributed by atoms with E-state index in [1.165, 1.54) is 5.57 Å². The Hall–Kier alpha value is -2.17. The summed E-state index contributed by atoms with van der Waals surface area (Å²) in [6.45, 7) is 6.80. The fraction of sp³-hybridized carbons (Fsp3) is 0.500. The third-order valence-electron chi connectivity index (χ3n) is 3.62. The molecule has 1 heterocycles. The highest BCUT2D eigenvalue weighted by Crippen LogP contribution is 2.33. The number of carbonyl (C=O) groups is 1. The van der Waals surface area contributed by atoms with Crippen molar-refractivity contribution >= 4 is 11.7 Å². The molecule has 1 aliphatic heterocycles. The van der Waals surface area contributed by atoms with Crippen molar-refractivity contribution in [3.8, 4) is 11.5 Å². The molecule has 5 nitrogen and oxygen atoms in total. The smallest absolute Gasteiger partial charge is 0.410 e. The summed E-state index contributed by atoms with van der Waals surface area (Å²) in [5.74, 6) is 1.54. The number of ether oxygens (including phenoxy) is 3. The minimum atomic E-state index is -0.472. The Morgan fingerprint density at radius 1 is 1.17 bits per heavy atom. The third-order valence-corrected chi connectivity index (χ3v) is 3.62. The van der Waals surface area contributed by atoms with E-state index in [4.69, 9.17) is 14.2 Å². The summed E-state index contributed by atoms with van der Waals surface area (Å²) < 4.78 is 16.1. The number of methoxy groups -OCH3 is 2. The monoisotopic (exact) mass is 319 g/mol. The molecule has 0 fully saturated rings. The molecule has 23 heavy (non-hydrogen) atoms. The number of amides is 1. The number of rotatable bonds is 3. The average Bonchev–Trinajstić information content (AvgIpc) is 2.52. The standard InChI is InChI=1S/C18H25NO4/c1-18(2,3)23-17(20)19-10-8-13(9-11-19)15-7-6-14(21-4)12-16(15)22-5/h6-8,12H,9-11H2,1-5H3. The van der Waals surface area contributed by atoms with Gasteiger partial charge in [0.05, 0.1) is 14.2 Å². The highest BCUT2D eigenvalue weighted by molar-refractivity contribution is 5.75. The van der Waals surface area contributed by atoms with Crippen LogP contribution >= 0.6 is 0 Å². The normalized spacial score (nSPS) is 15.0. The van der Waals surface area contributed by atoms with Crippen LogP contribution < -0.4 is 9.47 Å². The molecule has 5 heteroatoms. The van der Waals surface area contributed by atoms with Gasteiger partial charge in [-0.3, -0.25) is 0 Å². The van der Waals surface area contributed by atoms with Gasteiger partial charge in [0.15, 0.2) is 0 Å². The molecule has 0 radical (unpaired) electrons. The number of hydrogen-bond donors (Lipinski definition) is 0. The molecular formula is C18H25NO4. The molecule has 1 aromatic rings. The van der Waals surface area contributed by atoms with Gasteiger partial charge in [0.1, 0.15) is 17.1 Å². The second-order valence-corrected chi connectivity index (χ2v) is 6.47. The molecule has 1 aromatic carbocycles. The molecule has 0 saturated carbocycles. The predicted octanol–water partition coefficient (Wildman–Crippen LogP) is 3.73. The topological polar surface area (TPSA) is 48.0 Å². The van der Waals surface area contributed by atoms with E-state index >= 15 is 0 Å². The van der Waals surface area contributed by atoms with E-state index < -0.39 is 5.60 Å². The zero-order valence-corrected chi connectivity index (χ0v) is 14.5. The molecule has 1 aliphatic rings. The van der Waals surface area contributed by atoms with Crippen molar-refractivity contribution in [3.63, 3.8) is 0 Å². The van der Waals surface area contributed by atoms with Crippen molar-refractivity contribution in [1.29, 1.82) is 0 Å². The highest BCUT2D eigenvalue weighted by Gasteiger charge is 2.24. The van der Waals surface area contributed by atoms with Crippen molar-refractivity contribution < 1.29 is 19.0 Å². The SMILES string of the molecule is COc1ccc(C2=CCN(C(=O)OC(C)(C)C)CC2)c(OC)c1. The van der Waals surface area contributed by atoms with E-state index in [9.17, 15) is 4.79 Å². The highest BCUT2D eigenvalue weighted by atomic mass is 16.6. The van der Waals surface area contributed by atoms with Crippen LogP contribution in [0.2, 0.25) is 0 Å². The molecule has 0 aromatic heterocycles. The Morgan fingerprint density at radius 2 is 1.91 bits per heavy atom. The zero-order chi connectivity index (χ0) is 17.0. The van der Waals surface area contributed by atoms with Crippen molar-refractivity contribution in [2.45, 2.75) is 32.8 Å². The molecule has 0 N–H and O–H groups in total. The summed E-state index contributed by atoms with van der Waals surface area (Å²) in [4.78, 5) is 13.8. The van der Waals surface area contributed by atoms with Crippen molar-refractivity contribution in [2.24, 2.45) is 0 Å². The van der Waals surface area contributed by atoms with Crippen LogP contribution in [0.15, 0.2) is 24.3 Å². The number of carbonyl (C=O) groups excluding carboxylic acids is 1. The first-order valence-corrected chi connectivity index (χ1v) is 7.73. The van der Waals surface area contributed by atoms with E-state index in [-0.39, 0.29) is 6.09 Å². The molecule has 0 aliphatic carbocycles. The zero-order valence-electron chi connectivity index (χ0n) is 14.5. The Balaban J connectivity index is 2.11. The maximum absolute atomic E-state index is 12.1. The lowest BCUT2D eigenvalue weighted by Crippen LogP contribution is -2.39. The van der Waals surface area contributed by atoms with Gasteiger partial charge in [0.25, 0.3) is 0 Å². The van der Waals surface area contributed by atoms with Gasteiger partial charge < -0.3 is 19.1 Å². The fourth-order valence-electron chi connectivity index (χ4n) is 2.47. The molecular weight excluding hydrogens is 294 g/mol. The molecule has 0 spiro atoms. The van der Waals surface area contributed by atoms with Crippen LogP contribution in [-0.2, 0) is 4.74 Å². The minimum Gasteiger partial charge on any atom is -0.497 e. The minimum absolute atomic E-state index is 0.269.